The number of benzene rings is 1. The summed E-state index contributed by atoms with van der Waals surface area (Å²) >= 11 is 0. The van der Waals surface area contributed by atoms with Crippen LogP contribution >= 0.6 is 0 Å². The van der Waals surface area contributed by atoms with Gasteiger partial charge >= 0.3 is 0 Å². The van der Waals surface area contributed by atoms with Crippen LogP contribution in [0.3, 0.4) is 0 Å². The van der Waals surface area contributed by atoms with Gasteiger partial charge in [-0.3, -0.25) is 0 Å². The van der Waals surface area contributed by atoms with Crippen molar-refractivity contribution < 1.29 is 13.2 Å². The van der Waals surface area contributed by atoms with Gasteiger partial charge in [0, 0.05) is 18.7 Å². The summed E-state index contributed by atoms with van der Waals surface area (Å²) in [7, 11) is -2.06. The normalized spacial score (nSPS) is 15.7. The molecular weight excluding hydrogens is 276 g/mol. The Morgan fingerprint density at radius 3 is 2.65 bits per heavy atom. The van der Waals surface area contributed by atoms with Gasteiger partial charge in [0.05, 0.1) is 13.7 Å². The Hall–Kier alpha value is -1.55. The molecule has 1 aromatic carbocycles. The van der Waals surface area contributed by atoms with Crippen molar-refractivity contribution in [2.24, 2.45) is 5.73 Å². The van der Waals surface area contributed by atoms with Crippen LogP contribution in [0.2, 0.25) is 0 Å². The minimum Gasteiger partial charge on any atom is -0.495 e. The SMILES string of the molecule is COc1ccc(C#CCN)cc1S(=O)(=O)N1CCCC1. The smallest absolute Gasteiger partial charge is 0.246 e. The molecule has 1 aliphatic heterocycles. The van der Waals surface area contributed by atoms with E-state index in [2.05, 4.69) is 11.8 Å². The fraction of sp³-hybridized carbons (Fsp3) is 0.429. The van der Waals surface area contributed by atoms with Gasteiger partial charge in [0.2, 0.25) is 10.0 Å². The molecule has 1 saturated heterocycles. The number of sulfonamides is 1. The van der Waals surface area contributed by atoms with Gasteiger partial charge in [-0.05, 0) is 31.0 Å². The minimum absolute atomic E-state index is 0.172. The fourth-order valence-corrected chi connectivity index (χ4v) is 3.88. The first-order valence-electron chi connectivity index (χ1n) is 6.46. The van der Waals surface area contributed by atoms with Crippen molar-refractivity contribution in [2.75, 3.05) is 26.7 Å². The average Bonchev–Trinajstić information content (AvgIpc) is 2.99. The highest BCUT2D eigenvalue weighted by Crippen LogP contribution is 2.29. The van der Waals surface area contributed by atoms with Crippen LogP contribution < -0.4 is 10.5 Å². The molecule has 0 spiro atoms. The van der Waals surface area contributed by atoms with E-state index >= 15 is 0 Å². The topological polar surface area (TPSA) is 72.6 Å². The number of methoxy groups -OCH3 is 1. The monoisotopic (exact) mass is 294 g/mol. The quantitative estimate of drug-likeness (QED) is 0.837. The Bertz CT molecular complexity index is 638. The van der Waals surface area contributed by atoms with Crippen molar-refractivity contribution in [1.82, 2.24) is 4.31 Å². The molecule has 0 aromatic heterocycles. The fourth-order valence-electron chi connectivity index (χ4n) is 2.18. The Morgan fingerprint density at radius 1 is 1.35 bits per heavy atom. The second-order valence-electron chi connectivity index (χ2n) is 4.48. The molecular formula is C14H18N2O3S. The molecule has 108 valence electrons. The number of nitrogens with zero attached hydrogens (tertiary/aromatic N) is 1. The van der Waals surface area contributed by atoms with E-state index in [1.54, 1.807) is 18.2 Å². The Balaban J connectivity index is 2.47. The van der Waals surface area contributed by atoms with Crippen LogP contribution in [0, 0.1) is 11.8 Å². The molecule has 0 amide bonds. The molecule has 0 saturated carbocycles. The third kappa shape index (κ3) is 2.96. The van der Waals surface area contributed by atoms with Crippen LogP contribution in [0.5, 0.6) is 5.75 Å². The molecule has 2 N–H and O–H groups in total. The van der Waals surface area contributed by atoms with Crippen LogP contribution in [0.4, 0.5) is 0 Å². The van der Waals surface area contributed by atoms with E-state index in [9.17, 15) is 8.42 Å². The highest BCUT2D eigenvalue weighted by Gasteiger charge is 2.29. The first-order valence-corrected chi connectivity index (χ1v) is 7.90. The van der Waals surface area contributed by atoms with E-state index in [4.69, 9.17) is 10.5 Å². The molecule has 0 bridgehead atoms. The van der Waals surface area contributed by atoms with E-state index in [1.807, 2.05) is 0 Å². The zero-order valence-electron chi connectivity index (χ0n) is 11.4. The van der Waals surface area contributed by atoms with Crippen LogP contribution in [-0.4, -0.2) is 39.5 Å². The first-order chi connectivity index (χ1) is 9.59. The van der Waals surface area contributed by atoms with Crippen LogP contribution in [0.1, 0.15) is 18.4 Å². The molecule has 1 aromatic rings. The maximum absolute atomic E-state index is 12.6. The van der Waals surface area contributed by atoms with Crippen molar-refractivity contribution in [3.8, 4) is 17.6 Å². The zero-order valence-corrected chi connectivity index (χ0v) is 12.2. The Morgan fingerprint density at radius 2 is 2.05 bits per heavy atom. The number of hydrogen-bond donors (Lipinski definition) is 1. The predicted molar refractivity (Wildman–Crippen MR) is 76.9 cm³/mol. The predicted octanol–water partition coefficient (Wildman–Crippen LogP) is 0.790. The number of nitrogens with two attached hydrogens (primary N) is 1. The standard InChI is InChI=1S/C14H18N2O3S/c1-19-13-7-6-12(5-4-8-15)11-14(13)20(17,18)16-9-2-3-10-16/h6-7,11H,2-3,8-10,15H2,1H3. The Labute approximate surface area is 119 Å². The molecule has 20 heavy (non-hydrogen) atoms. The maximum atomic E-state index is 12.6. The van der Waals surface area contributed by atoms with Gasteiger partial charge in [0.25, 0.3) is 0 Å². The van der Waals surface area contributed by atoms with E-state index in [-0.39, 0.29) is 11.4 Å². The van der Waals surface area contributed by atoms with E-state index < -0.39 is 10.0 Å². The maximum Gasteiger partial charge on any atom is 0.246 e. The van der Waals surface area contributed by atoms with Crippen molar-refractivity contribution in [2.45, 2.75) is 17.7 Å². The van der Waals surface area contributed by atoms with Crippen molar-refractivity contribution in [3.05, 3.63) is 23.8 Å². The van der Waals surface area contributed by atoms with Gasteiger partial charge in [-0.15, -0.1) is 0 Å². The van der Waals surface area contributed by atoms with Gasteiger partial charge in [0.15, 0.2) is 0 Å². The average molecular weight is 294 g/mol. The molecule has 0 aliphatic carbocycles. The summed E-state index contributed by atoms with van der Waals surface area (Å²) in [6.45, 7) is 1.36. The molecule has 0 atom stereocenters. The summed E-state index contributed by atoms with van der Waals surface area (Å²) in [5.74, 6) is 5.91. The van der Waals surface area contributed by atoms with Crippen molar-refractivity contribution >= 4 is 10.0 Å². The largest absolute Gasteiger partial charge is 0.495 e. The summed E-state index contributed by atoms with van der Waals surface area (Å²) < 4.78 is 31.9. The lowest BCUT2D eigenvalue weighted by Gasteiger charge is -2.17. The summed E-state index contributed by atoms with van der Waals surface area (Å²) in [5.41, 5.74) is 5.95. The minimum atomic E-state index is -3.52. The first kappa shape index (κ1) is 14.9. The molecule has 1 aliphatic rings. The second kappa shape index (κ2) is 6.27. The van der Waals surface area contributed by atoms with Gasteiger partial charge in [-0.2, -0.15) is 4.31 Å². The lowest BCUT2D eigenvalue weighted by molar-refractivity contribution is 0.398. The summed E-state index contributed by atoms with van der Waals surface area (Å²) in [5, 5.41) is 0. The highest BCUT2D eigenvalue weighted by molar-refractivity contribution is 7.89. The highest BCUT2D eigenvalue weighted by atomic mass is 32.2. The van der Waals surface area contributed by atoms with Crippen LogP contribution in [0.15, 0.2) is 23.1 Å². The zero-order chi connectivity index (χ0) is 14.6. The molecule has 1 heterocycles. The summed E-state index contributed by atoms with van der Waals surface area (Å²) in [4.78, 5) is 0.172. The third-order valence-electron chi connectivity index (χ3n) is 3.18. The molecule has 0 radical (unpaired) electrons. The van der Waals surface area contributed by atoms with Gasteiger partial charge < -0.3 is 10.5 Å². The molecule has 2 rings (SSSR count). The van der Waals surface area contributed by atoms with Gasteiger partial charge in [0.1, 0.15) is 10.6 Å². The summed E-state index contributed by atoms with van der Waals surface area (Å²) in [6.07, 6.45) is 1.79. The third-order valence-corrected chi connectivity index (χ3v) is 5.10. The number of hydrogen-bond acceptors (Lipinski definition) is 4. The van der Waals surface area contributed by atoms with Crippen molar-refractivity contribution in [3.63, 3.8) is 0 Å². The van der Waals surface area contributed by atoms with Crippen LogP contribution in [0.25, 0.3) is 0 Å². The second-order valence-corrected chi connectivity index (χ2v) is 6.39. The number of rotatable bonds is 3. The lowest BCUT2D eigenvalue weighted by Crippen LogP contribution is -2.28. The van der Waals surface area contributed by atoms with Crippen LogP contribution in [-0.2, 0) is 10.0 Å². The Kier molecular flexibility index (Phi) is 4.65. The molecule has 6 heteroatoms. The van der Waals surface area contributed by atoms with Gasteiger partial charge in [-0.25, -0.2) is 8.42 Å². The lowest BCUT2D eigenvalue weighted by atomic mass is 10.2. The molecule has 5 nitrogen and oxygen atoms in total. The number of ether oxygens (including phenoxy) is 1. The van der Waals surface area contributed by atoms with Crippen molar-refractivity contribution in [1.29, 1.82) is 0 Å². The van der Waals surface area contributed by atoms with E-state index in [0.29, 0.717) is 24.4 Å². The summed E-state index contributed by atoms with van der Waals surface area (Å²) in [6, 6.07) is 4.91. The van der Waals surface area contributed by atoms with Gasteiger partial charge in [-0.1, -0.05) is 11.8 Å². The molecule has 1 fully saturated rings. The molecule has 0 unspecified atom stereocenters. The van der Waals surface area contributed by atoms with E-state index in [0.717, 1.165) is 12.8 Å². The van der Waals surface area contributed by atoms with E-state index in [1.165, 1.54) is 11.4 Å².